The molecule has 2 heterocycles. The molecule has 0 aromatic carbocycles. The Bertz CT molecular complexity index is 604. The lowest BCUT2D eigenvalue weighted by molar-refractivity contribution is 0.334. The van der Waals surface area contributed by atoms with Crippen LogP contribution < -0.4 is 0 Å². The number of fused-ring (bicyclic) bond motifs is 1. The molecule has 0 aliphatic heterocycles. The molecule has 0 bridgehead atoms. The van der Waals surface area contributed by atoms with E-state index in [4.69, 9.17) is 4.98 Å². The molecule has 3 heteroatoms. The Morgan fingerprint density at radius 1 is 1.05 bits per heavy atom. The second-order valence-electron chi connectivity index (χ2n) is 6.69. The van der Waals surface area contributed by atoms with Gasteiger partial charge in [-0.05, 0) is 38.3 Å². The van der Waals surface area contributed by atoms with Crippen LogP contribution in [-0.2, 0) is 5.41 Å². The molecular weight excluding hydrogens is 246 g/mol. The van der Waals surface area contributed by atoms with Crippen LogP contribution in [-0.4, -0.2) is 14.6 Å². The van der Waals surface area contributed by atoms with E-state index < -0.39 is 0 Å². The van der Waals surface area contributed by atoms with E-state index in [0.717, 1.165) is 11.3 Å². The van der Waals surface area contributed by atoms with Gasteiger partial charge in [-0.15, -0.1) is 0 Å². The van der Waals surface area contributed by atoms with Gasteiger partial charge in [-0.2, -0.15) is 5.10 Å². The van der Waals surface area contributed by atoms with Crippen LogP contribution in [0.25, 0.3) is 5.65 Å². The van der Waals surface area contributed by atoms with Gasteiger partial charge < -0.3 is 0 Å². The molecule has 0 saturated heterocycles. The average Bonchev–Trinajstić information content (AvgIpc) is 2.79. The molecule has 0 atom stereocenters. The van der Waals surface area contributed by atoms with E-state index in [1.807, 2.05) is 11.4 Å². The molecule has 0 amide bonds. The number of imidazole rings is 1. The molecule has 2 aromatic rings. The number of aryl methyl sites for hydroxylation is 2. The van der Waals surface area contributed by atoms with E-state index in [1.165, 1.54) is 56.2 Å². The van der Waals surface area contributed by atoms with Gasteiger partial charge in [0.05, 0.1) is 17.6 Å². The Labute approximate surface area is 121 Å². The van der Waals surface area contributed by atoms with Crippen LogP contribution in [0.5, 0.6) is 0 Å². The molecule has 1 saturated carbocycles. The molecule has 20 heavy (non-hydrogen) atoms. The standard InChI is InChI=1S/C17H25N3/c1-13-11-14(2)19-20-12-15(18-16(13)20)17(3)9-7-5-4-6-8-10-17/h11-12H,4-10H2,1-3H3. The third-order valence-corrected chi connectivity index (χ3v) is 4.81. The van der Waals surface area contributed by atoms with Gasteiger partial charge in [-0.1, -0.05) is 39.0 Å². The van der Waals surface area contributed by atoms with Crippen LogP contribution in [0.3, 0.4) is 0 Å². The summed E-state index contributed by atoms with van der Waals surface area (Å²) >= 11 is 0. The Kier molecular flexibility index (Phi) is 3.53. The Hall–Kier alpha value is -1.38. The summed E-state index contributed by atoms with van der Waals surface area (Å²) in [5.74, 6) is 0. The van der Waals surface area contributed by atoms with Crippen LogP contribution in [0, 0.1) is 13.8 Å². The Balaban J connectivity index is 2.01. The number of nitrogens with zero attached hydrogens (tertiary/aromatic N) is 3. The zero-order valence-electron chi connectivity index (χ0n) is 12.9. The summed E-state index contributed by atoms with van der Waals surface area (Å²) in [5, 5.41) is 4.58. The van der Waals surface area contributed by atoms with Crippen molar-refractivity contribution in [1.29, 1.82) is 0 Å². The molecular formula is C17H25N3. The lowest BCUT2D eigenvalue weighted by atomic mass is 9.76. The average molecular weight is 271 g/mol. The fraction of sp³-hybridized carbons (Fsp3) is 0.647. The molecule has 1 aliphatic rings. The van der Waals surface area contributed by atoms with E-state index in [1.54, 1.807) is 0 Å². The van der Waals surface area contributed by atoms with Crippen molar-refractivity contribution < 1.29 is 0 Å². The van der Waals surface area contributed by atoms with Crippen LogP contribution in [0.15, 0.2) is 12.3 Å². The molecule has 3 nitrogen and oxygen atoms in total. The van der Waals surface area contributed by atoms with Gasteiger partial charge in [0, 0.05) is 5.41 Å². The van der Waals surface area contributed by atoms with Crippen molar-refractivity contribution in [1.82, 2.24) is 14.6 Å². The third kappa shape index (κ3) is 2.46. The summed E-state index contributed by atoms with van der Waals surface area (Å²) in [5.41, 5.74) is 4.77. The maximum atomic E-state index is 4.92. The maximum Gasteiger partial charge on any atom is 0.156 e. The number of hydrogen-bond donors (Lipinski definition) is 0. The van der Waals surface area contributed by atoms with Crippen LogP contribution in [0.4, 0.5) is 0 Å². The van der Waals surface area contributed by atoms with E-state index in [9.17, 15) is 0 Å². The predicted octanol–water partition coefficient (Wildman–Crippen LogP) is 4.35. The van der Waals surface area contributed by atoms with E-state index in [2.05, 4.69) is 31.2 Å². The van der Waals surface area contributed by atoms with Gasteiger partial charge in [0.2, 0.25) is 0 Å². The molecule has 0 N–H and O–H groups in total. The van der Waals surface area contributed by atoms with Gasteiger partial charge >= 0.3 is 0 Å². The molecule has 0 unspecified atom stereocenters. The summed E-state index contributed by atoms with van der Waals surface area (Å²) in [6, 6.07) is 2.12. The summed E-state index contributed by atoms with van der Waals surface area (Å²) in [6.45, 7) is 6.56. The highest BCUT2D eigenvalue weighted by Crippen LogP contribution is 2.36. The van der Waals surface area contributed by atoms with Crippen molar-refractivity contribution in [3.05, 3.63) is 29.2 Å². The number of hydrogen-bond acceptors (Lipinski definition) is 2. The zero-order valence-corrected chi connectivity index (χ0v) is 12.9. The minimum atomic E-state index is 0.231. The molecule has 2 aromatic heterocycles. The van der Waals surface area contributed by atoms with Crippen LogP contribution >= 0.6 is 0 Å². The highest BCUT2D eigenvalue weighted by molar-refractivity contribution is 5.48. The molecule has 0 spiro atoms. The second-order valence-corrected chi connectivity index (χ2v) is 6.69. The third-order valence-electron chi connectivity index (χ3n) is 4.81. The molecule has 1 aliphatic carbocycles. The van der Waals surface area contributed by atoms with Crippen molar-refractivity contribution in [3.8, 4) is 0 Å². The fourth-order valence-corrected chi connectivity index (χ4v) is 3.53. The maximum absolute atomic E-state index is 4.92. The quantitative estimate of drug-likeness (QED) is 0.772. The SMILES string of the molecule is Cc1cc(C)c2nc(C3(C)CCCCCCC3)cn2n1. The van der Waals surface area contributed by atoms with Gasteiger partial charge in [0.25, 0.3) is 0 Å². The van der Waals surface area contributed by atoms with E-state index in [0.29, 0.717) is 0 Å². The lowest BCUT2D eigenvalue weighted by Gasteiger charge is -2.29. The van der Waals surface area contributed by atoms with Crippen molar-refractivity contribution in [2.75, 3.05) is 0 Å². The smallest absolute Gasteiger partial charge is 0.156 e. The van der Waals surface area contributed by atoms with E-state index in [-0.39, 0.29) is 5.41 Å². The highest BCUT2D eigenvalue weighted by Gasteiger charge is 2.30. The molecule has 3 rings (SSSR count). The van der Waals surface area contributed by atoms with Crippen molar-refractivity contribution in [2.45, 2.75) is 71.1 Å². The molecule has 108 valence electrons. The lowest BCUT2D eigenvalue weighted by Crippen LogP contribution is -2.23. The van der Waals surface area contributed by atoms with Gasteiger partial charge in [-0.3, -0.25) is 0 Å². The first kappa shape index (κ1) is 13.6. The van der Waals surface area contributed by atoms with Gasteiger partial charge in [-0.25, -0.2) is 9.50 Å². The summed E-state index contributed by atoms with van der Waals surface area (Å²) < 4.78 is 1.98. The predicted molar refractivity (Wildman–Crippen MR) is 82.1 cm³/mol. The van der Waals surface area contributed by atoms with E-state index >= 15 is 0 Å². The van der Waals surface area contributed by atoms with Gasteiger partial charge in [0.1, 0.15) is 0 Å². The minimum absolute atomic E-state index is 0.231. The van der Waals surface area contributed by atoms with Crippen LogP contribution in [0.1, 0.15) is 68.8 Å². The Morgan fingerprint density at radius 2 is 1.70 bits per heavy atom. The Morgan fingerprint density at radius 3 is 2.40 bits per heavy atom. The molecule has 1 fully saturated rings. The van der Waals surface area contributed by atoms with Crippen molar-refractivity contribution in [3.63, 3.8) is 0 Å². The fourth-order valence-electron chi connectivity index (χ4n) is 3.53. The summed E-state index contributed by atoms with van der Waals surface area (Å²) in [4.78, 5) is 4.92. The van der Waals surface area contributed by atoms with Gasteiger partial charge in [0.15, 0.2) is 5.65 Å². The minimum Gasteiger partial charge on any atom is -0.231 e. The first-order valence-electron chi connectivity index (χ1n) is 7.93. The summed E-state index contributed by atoms with van der Waals surface area (Å²) in [7, 11) is 0. The largest absolute Gasteiger partial charge is 0.231 e. The van der Waals surface area contributed by atoms with Crippen LogP contribution in [0.2, 0.25) is 0 Å². The topological polar surface area (TPSA) is 30.2 Å². The number of rotatable bonds is 1. The molecule has 0 radical (unpaired) electrons. The normalized spacial score (nSPS) is 19.8. The first-order valence-corrected chi connectivity index (χ1v) is 7.93. The monoisotopic (exact) mass is 271 g/mol. The van der Waals surface area contributed by atoms with Crippen molar-refractivity contribution in [2.24, 2.45) is 0 Å². The van der Waals surface area contributed by atoms with Crippen molar-refractivity contribution >= 4 is 5.65 Å². The zero-order chi connectivity index (χ0) is 14.2. The highest BCUT2D eigenvalue weighted by atomic mass is 15.2. The second kappa shape index (κ2) is 5.19. The first-order chi connectivity index (χ1) is 9.58. The summed E-state index contributed by atoms with van der Waals surface area (Å²) in [6.07, 6.45) is 11.5. The number of aromatic nitrogens is 3.